The highest BCUT2D eigenvalue weighted by molar-refractivity contribution is 14.1. The number of halogens is 2. The number of aromatic nitrogens is 1. The van der Waals surface area contributed by atoms with E-state index in [9.17, 15) is 9.59 Å². The molecule has 1 aromatic heterocycles. The summed E-state index contributed by atoms with van der Waals surface area (Å²) < 4.78 is 2.82. The number of para-hydroxylation sites is 1. The van der Waals surface area contributed by atoms with Gasteiger partial charge in [-0.1, -0.05) is 29.8 Å². The molecule has 122 valence electrons. The molecule has 3 rings (SSSR count). The van der Waals surface area contributed by atoms with E-state index in [1.807, 2.05) is 29.8 Å². The molecule has 6 heteroatoms. The van der Waals surface area contributed by atoms with Gasteiger partial charge in [-0.05, 0) is 52.4 Å². The zero-order valence-corrected chi connectivity index (χ0v) is 15.8. The van der Waals surface area contributed by atoms with Crippen molar-refractivity contribution in [1.29, 1.82) is 0 Å². The fraction of sp³-hybridized carbons (Fsp3) is 0.111. The van der Waals surface area contributed by atoms with Gasteiger partial charge in [-0.2, -0.15) is 0 Å². The lowest BCUT2D eigenvalue weighted by molar-refractivity contribution is 0.0998. The number of carbonyl (C=O) groups is 1. The van der Waals surface area contributed by atoms with Crippen molar-refractivity contribution in [2.24, 2.45) is 12.8 Å². The van der Waals surface area contributed by atoms with Crippen LogP contribution in [0.4, 0.5) is 0 Å². The summed E-state index contributed by atoms with van der Waals surface area (Å²) in [6.07, 6.45) is 0.419. The summed E-state index contributed by atoms with van der Waals surface area (Å²) in [6, 6.07) is 12.8. The van der Waals surface area contributed by atoms with Crippen molar-refractivity contribution in [2.45, 2.75) is 6.42 Å². The average Bonchev–Trinajstić information content (AvgIpc) is 2.54. The molecule has 0 aliphatic rings. The average molecular weight is 453 g/mol. The molecule has 0 unspecified atom stereocenters. The highest BCUT2D eigenvalue weighted by Crippen LogP contribution is 2.23. The highest BCUT2D eigenvalue weighted by Gasteiger charge is 2.20. The topological polar surface area (TPSA) is 65.1 Å². The number of amides is 1. The minimum atomic E-state index is -0.708. The second-order valence-corrected chi connectivity index (χ2v) is 7.11. The smallest absolute Gasteiger partial charge is 0.254 e. The molecule has 0 aliphatic heterocycles. The van der Waals surface area contributed by atoms with Crippen molar-refractivity contribution >= 4 is 51.0 Å². The summed E-state index contributed by atoms with van der Waals surface area (Å²) in [4.78, 5) is 24.8. The second-order valence-electron chi connectivity index (χ2n) is 5.51. The fourth-order valence-electron chi connectivity index (χ4n) is 2.86. The molecule has 1 heterocycles. The summed E-state index contributed by atoms with van der Waals surface area (Å²) in [6.45, 7) is 0. The zero-order valence-electron chi connectivity index (χ0n) is 12.8. The Morgan fingerprint density at radius 1 is 1.21 bits per heavy atom. The van der Waals surface area contributed by atoms with Gasteiger partial charge >= 0.3 is 0 Å². The quantitative estimate of drug-likeness (QED) is 0.618. The molecule has 0 spiro atoms. The number of fused-ring (bicyclic) bond motifs is 1. The van der Waals surface area contributed by atoms with Gasteiger partial charge in [0.15, 0.2) is 0 Å². The van der Waals surface area contributed by atoms with Gasteiger partial charge in [0.1, 0.15) is 5.56 Å². The summed E-state index contributed by atoms with van der Waals surface area (Å²) >= 11 is 8.11. The molecule has 0 saturated carbocycles. The number of benzene rings is 2. The van der Waals surface area contributed by atoms with Crippen LogP contribution in [0, 0.1) is 3.57 Å². The zero-order chi connectivity index (χ0) is 17.4. The Morgan fingerprint density at radius 2 is 1.88 bits per heavy atom. The van der Waals surface area contributed by atoms with Gasteiger partial charge in [0.25, 0.3) is 5.91 Å². The van der Waals surface area contributed by atoms with E-state index in [-0.39, 0.29) is 11.0 Å². The third-order valence-electron chi connectivity index (χ3n) is 4.02. The molecule has 24 heavy (non-hydrogen) atoms. The van der Waals surface area contributed by atoms with Gasteiger partial charge in [-0.15, -0.1) is 0 Å². The van der Waals surface area contributed by atoms with Crippen molar-refractivity contribution in [2.75, 3.05) is 0 Å². The minimum absolute atomic E-state index is 0.0435. The fourth-order valence-corrected chi connectivity index (χ4v) is 3.85. The lowest BCUT2D eigenvalue weighted by Gasteiger charge is -2.17. The first-order valence-electron chi connectivity index (χ1n) is 7.24. The number of carbonyl (C=O) groups excluding carboxylic acids is 1. The van der Waals surface area contributed by atoms with Crippen LogP contribution in [0.1, 0.15) is 21.6 Å². The van der Waals surface area contributed by atoms with E-state index in [0.717, 1.165) is 14.7 Å². The van der Waals surface area contributed by atoms with Gasteiger partial charge in [0.05, 0.1) is 5.52 Å². The number of aryl methyl sites for hydroxylation is 1. The summed E-state index contributed by atoms with van der Waals surface area (Å²) in [5.41, 5.74) is 7.59. The third kappa shape index (κ3) is 2.93. The van der Waals surface area contributed by atoms with Crippen molar-refractivity contribution in [3.8, 4) is 0 Å². The van der Waals surface area contributed by atoms with Gasteiger partial charge in [-0.25, -0.2) is 0 Å². The Kier molecular flexibility index (Phi) is 4.64. The van der Waals surface area contributed by atoms with Crippen molar-refractivity contribution < 1.29 is 4.79 Å². The normalized spacial score (nSPS) is 11.0. The minimum Gasteiger partial charge on any atom is -0.365 e. The lowest BCUT2D eigenvalue weighted by atomic mass is 10.0. The first-order chi connectivity index (χ1) is 11.4. The molecule has 0 bridgehead atoms. The van der Waals surface area contributed by atoms with Crippen LogP contribution < -0.4 is 11.2 Å². The van der Waals surface area contributed by atoms with E-state index in [1.165, 1.54) is 0 Å². The number of hydrogen-bond acceptors (Lipinski definition) is 2. The van der Waals surface area contributed by atoms with Crippen molar-refractivity contribution in [1.82, 2.24) is 4.57 Å². The SMILES string of the molecule is Cn1c(Cc2ccc(Cl)cc2)c(C(N)=O)c(=O)c2cccc(I)c21. The molecule has 0 fully saturated rings. The molecule has 0 radical (unpaired) electrons. The third-order valence-corrected chi connectivity index (χ3v) is 5.14. The Labute approximate surface area is 157 Å². The maximum atomic E-state index is 12.8. The van der Waals surface area contributed by atoms with Crippen LogP contribution in [0.2, 0.25) is 5.02 Å². The van der Waals surface area contributed by atoms with Crippen LogP contribution in [0.25, 0.3) is 10.9 Å². The highest BCUT2D eigenvalue weighted by atomic mass is 127. The Hall–Kier alpha value is -1.86. The van der Waals surface area contributed by atoms with E-state index in [1.54, 1.807) is 24.3 Å². The van der Waals surface area contributed by atoms with Crippen LogP contribution in [-0.2, 0) is 13.5 Å². The molecular weight excluding hydrogens is 439 g/mol. The van der Waals surface area contributed by atoms with Gasteiger partial charge < -0.3 is 10.3 Å². The van der Waals surface area contributed by atoms with E-state index < -0.39 is 5.91 Å². The van der Waals surface area contributed by atoms with Gasteiger partial charge in [-0.3, -0.25) is 9.59 Å². The molecule has 0 atom stereocenters. The molecule has 3 aromatic rings. The molecule has 4 nitrogen and oxygen atoms in total. The Morgan fingerprint density at radius 3 is 2.50 bits per heavy atom. The largest absolute Gasteiger partial charge is 0.365 e. The predicted molar refractivity (Wildman–Crippen MR) is 105 cm³/mol. The van der Waals surface area contributed by atoms with E-state index in [2.05, 4.69) is 22.6 Å². The van der Waals surface area contributed by atoms with Gasteiger partial charge in [0, 0.05) is 33.1 Å². The molecule has 0 aliphatic carbocycles. The number of pyridine rings is 1. The number of nitrogens with two attached hydrogens (primary N) is 1. The lowest BCUT2D eigenvalue weighted by Crippen LogP contribution is -2.28. The summed E-state index contributed by atoms with van der Waals surface area (Å²) in [5, 5.41) is 1.13. The first kappa shape index (κ1) is 17.0. The van der Waals surface area contributed by atoms with Crippen molar-refractivity contribution in [3.05, 3.63) is 78.1 Å². The van der Waals surface area contributed by atoms with Crippen LogP contribution in [-0.4, -0.2) is 10.5 Å². The molecule has 1 amide bonds. The maximum Gasteiger partial charge on any atom is 0.254 e. The van der Waals surface area contributed by atoms with Crippen molar-refractivity contribution in [3.63, 3.8) is 0 Å². The summed E-state index contributed by atoms with van der Waals surface area (Å²) in [7, 11) is 1.85. The van der Waals surface area contributed by atoms with E-state index in [4.69, 9.17) is 17.3 Å². The second kappa shape index (κ2) is 6.57. The van der Waals surface area contributed by atoms with Crippen LogP contribution in [0.5, 0.6) is 0 Å². The summed E-state index contributed by atoms with van der Waals surface area (Å²) in [5.74, 6) is -0.708. The van der Waals surface area contributed by atoms with Crippen LogP contribution >= 0.6 is 34.2 Å². The van der Waals surface area contributed by atoms with Crippen LogP contribution in [0.15, 0.2) is 47.3 Å². The molecule has 2 N–H and O–H groups in total. The Balaban J connectivity index is 2.33. The monoisotopic (exact) mass is 452 g/mol. The standard InChI is InChI=1S/C18H14ClIN2O2/c1-22-14(9-10-5-7-11(19)8-6-10)15(18(21)24)17(23)12-3-2-4-13(20)16(12)22/h2-8H,9H2,1H3,(H2,21,24). The van der Waals surface area contributed by atoms with Crippen LogP contribution in [0.3, 0.4) is 0 Å². The first-order valence-corrected chi connectivity index (χ1v) is 8.70. The number of nitrogens with zero attached hydrogens (tertiary/aromatic N) is 1. The molecular formula is C18H14ClIN2O2. The van der Waals surface area contributed by atoms with Gasteiger partial charge in [0.2, 0.25) is 5.43 Å². The van der Waals surface area contributed by atoms with E-state index >= 15 is 0 Å². The molecule has 2 aromatic carbocycles. The van der Waals surface area contributed by atoms with E-state index in [0.29, 0.717) is 22.5 Å². The predicted octanol–water partition coefficient (Wildman–Crippen LogP) is 3.49. The number of hydrogen-bond donors (Lipinski definition) is 1. The number of rotatable bonds is 3. The number of primary amides is 1. The molecule has 0 saturated heterocycles. The maximum absolute atomic E-state index is 12.8. The Bertz CT molecular complexity index is 1010.